The number of hydrogen-bond acceptors (Lipinski definition) is 2. The van der Waals surface area contributed by atoms with E-state index in [-0.39, 0.29) is 17.1 Å². The minimum absolute atomic E-state index is 0.0394. The molecular formula is C17H14FNO2. The number of rotatable bonds is 3. The number of aromatic nitrogens is 1. The fraction of sp³-hybridized carbons (Fsp3) is 0.118. The maximum atomic E-state index is 14.0. The van der Waals surface area contributed by atoms with E-state index >= 15 is 0 Å². The number of nitrogens with one attached hydrogen (secondary N) is 1. The Hall–Kier alpha value is -2.62. The van der Waals surface area contributed by atoms with Crippen molar-refractivity contribution in [3.8, 4) is 5.75 Å². The number of halogens is 1. The Balaban J connectivity index is 2.20. The first-order chi connectivity index (χ1) is 10.1. The number of H-pyrrole nitrogens is 1. The molecule has 0 spiro atoms. The van der Waals surface area contributed by atoms with Crippen LogP contribution >= 0.6 is 0 Å². The Bertz CT molecular complexity index is 836. The average molecular weight is 283 g/mol. The van der Waals surface area contributed by atoms with Crippen LogP contribution < -0.4 is 4.74 Å². The second-order valence-electron chi connectivity index (χ2n) is 4.90. The summed E-state index contributed by atoms with van der Waals surface area (Å²) in [6, 6.07) is 10.1. The lowest BCUT2D eigenvalue weighted by Gasteiger charge is -2.08. The minimum atomic E-state index is -0.582. The van der Waals surface area contributed by atoms with Crippen molar-refractivity contribution in [2.24, 2.45) is 0 Å². The maximum Gasteiger partial charge on any atom is 0.201 e. The van der Waals surface area contributed by atoms with E-state index in [0.717, 1.165) is 16.5 Å². The van der Waals surface area contributed by atoms with Gasteiger partial charge in [0, 0.05) is 22.7 Å². The van der Waals surface area contributed by atoms with Crippen molar-refractivity contribution in [2.75, 3.05) is 7.11 Å². The summed E-state index contributed by atoms with van der Waals surface area (Å²) in [7, 11) is 1.42. The number of aromatic amines is 1. The number of ketones is 1. The second kappa shape index (κ2) is 5.05. The summed E-state index contributed by atoms with van der Waals surface area (Å²) in [5, 5.41) is 0.783. The highest BCUT2D eigenvalue weighted by atomic mass is 19.1. The van der Waals surface area contributed by atoms with Gasteiger partial charge in [-0.1, -0.05) is 17.7 Å². The van der Waals surface area contributed by atoms with Crippen LogP contribution in [0.1, 0.15) is 21.5 Å². The molecular weight excluding hydrogens is 269 g/mol. The molecule has 0 fully saturated rings. The highest BCUT2D eigenvalue weighted by molar-refractivity contribution is 6.17. The molecule has 0 saturated heterocycles. The van der Waals surface area contributed by atoms with Crippen molar-refractivity contribution in [2.45, 2.75) is 6.92 Å². The summed E-state index contributed by atoms with van der Waals surface area (Å²) in [6.07, 6.45) is 1.61. The first-order valence-corrected chi connectivity index (χ1v) is 6.56. The third-order valence-corrected chi connectivity index (χ3v) is 3.50. The van der Waals surface area contributed by atoms with Crippen LogP contribution in [0.2, 0.25) is 0 Å². The number of carbonyl (C=O) groups excluding carboxylic acids is 1. The summed E-state index contributed by atoms with van der Waals surface area (Å²) in [5.41, 5.74) is 2.29. The van der Waals surface area contributed by atoms with E-state index in [9.17, 15) is 9.18 Å². The van der Waals surface area contributed by atoms with Gasteiger partial charge in [0.1, 0.15) is 17.1 Å². The lowest BCUT2D eigenvalue weighted by molar-refractivity contribution is 0.103. The molecule has 0 aliphatic rings. The fourth-order valence-electron chi connectivity index (χ4n) is 2.45. The SMILES string of the molecule is COc1cccc(F)c1C(=O)c1c[nH]c2ccc(C)cc12. The highest BCUT2D eigenvalue weighted by Crippen LogP contribution is 2.28. The number of benzene rings is 2. The van der Waals surface area contributed by atoms with Crippen LogP contribution in [-0.2, 0) is 0 Å². The number of methoxy groups -OCH3 is 1. The molecule has 106 valence electrons. The first-order valence-electron chi connectivity index (χ1n) is 6.56. The predicted octanol–water partition coefficient (Wildman–Crippen LogP) is 3.86. The lowest BCUT2D eigenvalue weighted by Crippen LogP contribution is -2.06. The minimum Gasteiger partial charge on any atom is -0.496 e. The van der Waals surface area contributed by atoms with Crippen molar-refractivity contribution >= 4 is 16.7 Å². The molecule has 3 rings (SSSR count). The molecule has 0 saturated carbocycles. The van der Waals surface area contributed by atoms with Crippen molar-refractivity contribution in [1.29, 1.82) is 0 Å². The summed E-state index contributed by atoms with van der Waals surface area (Å²) in [5.74, 6) is -0.731. The van der Waals surface area contributed by atoms with Gasteiger partial charge in [-0.05, 0) is 31.2 Å². The normalized spacial score (nSPS) is 10.8. The molecule has 1 aromatic heterocycles. The molecule has 1 heterocycles. The topological polar surface area (TPSA) is 42.1 Å². The van der Waals surface area contributed by atoms with E-state index in [1.54, 1.807) is 12.3 Å². The number of hydrogen-bond donors (Lipinski definition) is 1. The van der Waals surface area contributed by atoms with Crippen LogP contribution in [0, 0.1) is 12.7 Å². The van der Waals surface area contributed by atoms with E-state index < -0.39 is 5.82 Å². The molecule has 0 bridgehead atoms. The molecule has 3 nitrogen and oxygen atoms in total. The number of fused-ring (bicyclic) bond motifs is 1. The first kappa shape index (κ1) is 13.4. The molecule has 0 amide bonds. The third-order valence-electron chi connectivity index (χ3n) is 3.50. The Labute approximate surface area is 121 Å². The van der Waals surface area contributed by atoms with E-state index in [1.807, 2.05) is 25.1 Å². The van der Waals surface area contributed by atoms with Crippen molar-refractivity contribution < 1.29 is 13.9 Å². The zero-order chi connectivity index (χ0) is 15.0. The van der Waals surface area contributed by atoms with Crippen molar-refractivity contribution in [1.82, 2.24) is 4.98 Å². The summed E-state index contributed by atoms with van der Waals surface area (Å²) < 4.78 is 19.2. The quantitative estimate of drug-likeness (QED) is 0.742. The fourth-order valence-corrected chi connectivity index (χ4v) is 2.45. The van der Waals surface area contributed by atoms with Gasteiger partial charge in [-0.3, -0.25) is 4.79 Å². The van der Waals surface area contributed by atoms with E-state index in [1.165, 1.54) is 19.2 Å². The lowest BCUT2D eigenvalue weighted by atomic mass is 10.0. The number of ether oxygens (including phenoxy) is 1. The average Bonchev–Trinajstić information content (AvgIpc) is 2.89. The molecule has 1 N–H and O–H groups in total. The van der Waals surface area contributed by atoms with Crippen LogP contribution in [0.25, 0.3) is 10.9 Å². The smallest absolute Gasteiger partial charge is 0.201 e. The van der Waals surface area contributed by atoms with Gasteiger partial charge in [0.05, 0.1) is 7.11 Å². The van der Waals surface area contributed by atoms with E-state index in [4.69, 9.17) is 4.74 Å². The van der Waals surface area contributed by atoms with Gasteiger partial charge in [0.2, 0.25) is 5.78 Å². The third kappa shape index (κ3) is 2.18. The number of carbonyl (C=O) groups is 1. The predicted molar refractivity (Wildman–Crippen MR) is 79.4 cm³/mol. The zero-order valence-corrected chi connectivity index (χ0v) is 11.7. The Morgan fingerprint density at radius 1 is 1.24 bits per heavy atom. The van der Waals surface area contributed by atoms with Gasteiger partial charge < -0.3 is 9.72 Å². The van der Waals surface area contributed by atoms with Gasteiger partial charge in [0.15, 0.2) is 0 Å². The summed E-state index contributed by atoms with van der Waals surface area (Å²) in [6.45, 7) is 1.95. The maximum absolute atomic E-state index is 14.0. The van der Waals surface area contributed by atoms with Crippen LogP contribution in [-0.4, -0.2) is 17.9 Å². The van der Waals surface area contributed by atoms with E-state index in [0.29, 0.717) is 5.56 Å². The zero-order valence-electron chi connectivity index (χ0n) is 11.7. The summed E-state index contributed by atoms with van der Waals surface area (Å²) >= 11 is 0. The molecule has 0 aliphatic carbocycles. The van der Waals surface area contributed by atoms with Gasteiger partial charge in [0.25, 0.3) is 0 Å². The molecule has 0 aliphatic heterocycles. The van der Waals surface area contributed by atoms with Crippen LogP contribution in [0.15, 0.2) is 42.6 Å². The van der Waals surface area contributed by atoms with Crippen LogP contribution in [0.4, 0.5) is 4.39 Å². The van der Waals surface area contributed by atoms with Crippen LogP contribution in [0.5, 0.6) is 5.75 Å². The largest absolute Gasteiger partial charge is 0.496 e. The van der Waals surface area contributed by atoms with Crippen molar-refractivity contribution in [3.05, 3.63) is 65.1 Å². The molecule has 21 heavy (non-hydrogen) atoms. The van der Waals surface area contributed by atoms with Gasteiger partial charge in [-0.15, -0.1) is 0 Å². The van der Waals surface area contributed by atoms with E-state index in [2.05, 4.69) is 4.98 Å². The molecule has 0 radical (unpaired) electrons. The molecule has 2 aromatic carbocycles. The highest BCUT2D eigenvalue weighted by Gasteiger charge is 2.21. The molecule has 3 aromatic rings. The molecule has 4 heteroatoms. The number of aryl methyl sites for hydroxylation is 1. The monoisotopic (exact) mass is 283 g/mol. The van der Waals surface area contributed by atoms with Gasteiger partial charge >= 0.3 is 0 Å². The van der Waals surface area contributed by atoms with Gasteiger partial charge in [-0.25, -0.2) is 4.39 Å². The second-order valence-corrected chi connectivity index (χ2v) is 4.90. The Morgan fingerprint density at radius 2 is 2.05 bits per heavy atom. The Kier molecular flexibility index (Phi) is 3.22. The van der Waals surface area contributed by atoms with Gasteiger partial charge in [-0.2, -0.15) is 0 Å². The van der Waals surface area contributed by atoms with Crippen molar-refractivity contribution in [3.63, 3.8) is 0 Å². The molecule has 0 unspecified atom stereocenters. The Morgan fingerprint density at radius 3 is 2.81 bits per heavy atom. The van der Waals surface area contributed by atoms with Crippen LogP contribution in [0.3, 0.4) is 0 Å². The molecule has 0 atom stereocenters. The standard InChI is InChI=1S/C17H14FNO2/c1-10-6-7-14-11(8-10)12(9-19-14)17(20)16-13(18)4-3-5-15(16)21-2/h3-9,19H,1-2H3. The summed E-state index contributed by atoms with van der Waals surface area (Å²) in [4.78, 5) is 15.7.